The van der Waals surface area contributed by atoms with E-state index in [9.17, 15) is 19.5 Å². The summed E-state index contributed by atoms with van der Waals surface area (Å²) in [6.07, 6.45) is 8.77. The SMILES string of the molecule is CC#C/C=C\C#C[C@H](OCC(C)C(C)COc1cc2c(cc1OCC(C)CC)C(=O)N1C=C(c3cnc4ccccc4n3)CC1CN2)C1=C(NC(=O)OC)C(=O)C[C@H](O)/C1=C/CS(C)=S. The molecule has 0 saturated carbocycles. The molecule has 1 aliphatic carbocycles. The van der Waals surface area contributed by atoms with Crippen molar-refractivity contribution in [1.29, 1.82) is 0 Å². The maximum absolute atomic E-state index is 14.3. The highest BCUT2D eigenvalue weighted by Crippen LogP contribution is 2.40. The van der Waals surface area contributed by atoms with E-state index in [0.717, 1.165) is 28.7 Å². The number of anilines is 1. The van der Waals surface area contributed by atoms with Crippen molar-refractivity contribution >= 4 is 60.7 Å². The molecule has 2 aliphatic heterocycles. The molecule has 3 N–H and O–H groups in total. The van der Waals surface area contributed by atoms with Crippen LogP contribution < -0.4 is 20.1 Å². The van der Waals surface area contributed by atoms with E-state index in [4.69, 9.17) is 35.1 Å². The summed E-state index contributed by atoms with van der Waals surface area (Å²) in [6.45, 7) is 11.4. The van der Waals surface area contributed by atoms with Crippen LogP contribution in [0.25, 0.3) is 16.6 Å². The molecule has 2 aromatic carbocycles. The maximum atomic E-state index is 14.3. The molecule has 13 nitrogen and oxygen atoms in total. The fourth-order valence-corrected chi connectivity index (χ4v) is 7.97. The molecule has 5 unspecified atom stereocenters. The van der Waals surface area contributed by atoms with E-state index < -0.39 is 33.5 Å². The summed E-state index contributed by atoms with van der Waals surface area (Å²) in [5, 5.41) is 17.3. The van der Waals surface area contributed by atoms with Gasteiger partial charge in [-0.25, -0.2) is 9.78 Å². The predicted octanol–water partition coefficient (Wildman–Crippen LogP) is 6.94. The topological polar surface area (TPSA) is 161 Å². The van der Waals surface area contributed by atoms with Crippen LogP contribution in [0.2, 0.25) is 0 Å². The number of ether oxygens (including phenoxy) is 4. The molecule has 3 aromatic rings. The number of ketones is 1. The molecule has 0 fully saturated rings. The molecule has 3 heterocycles. The molecule has 342 valence electrons. The normalized spacial score (nSPS) is 19.9. The number of nitrogens with one attached hydrogen (secondary N) is 2. The summed E-state index contributed by atoms with van der Waals surface area (Å²) < 4.78 is 24.3. The van der Waals surface area contributed by atoms with Crippen LogP contribution in [0.1, 0.15) is 69.9 Å². The van der Waals surface area contributed by atoms with E-state index in [1.165, 1.54) is 7.11 Å². The van der Waals surface area contributed by atoms with Gasteiger partial charge in [-0.2, -0.15) is 0 Å². The molecule has 0 saturated heterocycles. The average Bonchev–Trinajstić information content (AvgIpc) is 3.69. The second-order valence-corrected chi connectivity index (χ2v) is 19.6. The molecule has 15 heteroatoms. The molecule has 65 heavy (non-hydrogen) atoms. The van der Waals surface area contributed by atoms with Crippen LogP contribution in [0, 0.1) is 41.4 Å². The minimum atomic E-state index is -1.16. The number of carbonyl (C=O) groups excluding carboxylic acids is 3. The van der Waals surface area contributed by atoms with Gasteiger partial charge in [0.05, 0.1) is 78.9 Å². The molecule has 0 radical (unpaired) electrons. The number of fused-ring (bicyclic) bond motifs is 3. The average molecular weight is 920 g/mol. The van der Waals surface area contributed by atoms with Gasteiger partial charge in [-0.15, -0.1) is 15.4 Å². The van der Waals surface area contributed by atoms with Crippen LogP contribution in [-0.2, 0) is 34.9 Å². The number of alkyl carbamates (subject to hydrolysis) is 1. The molecular weight excluding hydrogens is 863 g/mol. The second-order valence-electron chi connectivity index (χ2n) is 16.5. The second kappa shape index (κ2) is 22.9. The Kier molecular flexibility index (Phi) is 17.1. The van der Waals surface area contributed by atoms with Gasteiger partial charge in [-0.1, -0.05) is 81.3 Å². The maximum Gasteiger partial charge on any atom is 0.411 e. The van der Waals surface area contributed by atoms with Crippen LogP contribution in [0.5, 0.6) is 11.5 Å². The molecule has 6 rings (SSSR count). The Morgan fingerprint density at radius 3 is 2.52 bits per heavy atom. The number of allylic oxidation sites excluding steroid dienone is 3. The molecule has 2 amide bonds. The van der Waals surface area contributed by atoms with E-state index in [1.807, 2.05) is 56.6 Å². The first-order chi connectivity index (χ1) is 31.3. The van der Waals surface area contributed by atoms with Gasteiger partial charge in [0, 0.05) is 36.6 Å². The number of nitrogens with zero attached hydrogens (tertiary/aromatic N) is 3. The van der Waals surface area contributed by atoms with Crippen molar-refractivity contribution in [3.8, 4) is 35.2 Å². The third kappa shape index (κ3) is 12.3. The van der Waals surface area contributed by atoms with E-state index in [2.05, 4.69) is 53.1 Å². The number of amides is 2. The smallest absolute Gasteiger partial charge is 0.411 e. The number of aliphatic hydroxyl groups excluding tert-OH is 1. The predicted molar refractivity (Wildman–Crippen MR) is 258 cm³/mol. The van der Waals surface area contributed by atoms with Crippen molar-refractivity contribution in [1.82, 2.24) is 20.2 Å². The number of hydrogen-bond acceptors (Lipinski definition) is 12. The zero-order valence-corrected chi connectivity index (χ0v) is 39.6. The highest BCUT2D eigenvalue weighted by atomic mass is 32.8. The summed E-state index contributed by atoms with van der Waals surface area (Å²) in [6, 6.07) is 11.2. The third-order valence-electron chi connectivity index (χ3n) is 11.6. The van der Waals surface area contributed by atoms with Crippen LogP contribution in [-0.4, -0.2) is 101 Å². The van der Waals surface area contributed by atoms with E-state index >= 15 is 0 Å². The molecule has 1 aromatic heterocycles. The van der Waals surface area contributed by atoms with Crippen molar-refractivity contribution in [2.24, 2.45) is 17.8 Å². The quantitative estimate of drug-likeness (QED) is 0.127. The number of Topliss-reactive ketones (excluding diaryl/α,β-unsaturated/α-hetero) is 1. The number of carbonyl (C=O) groups is 3. The number of hydrogen-bond donors (Lipinski definition) is 3. The van der Waals surface area contributed by atoms with Crippen LogP contribution in [0.4, 0.5) is 10.5 Å². The van der Waals surface area contributed by atoms with Gasteiger partial charge in [0.1, 0.15) is 6.10 Å². The standard InChI is InChI=1S/C50H57N5O8S2/c1-8-10-11-12-13-18-44(47-36(19-20-65(7)64)42(56)24-43(57)48(47)54-50(59)60-6)62-29-32(4)33(5)30-63-46-23-40-37(22-45(46)61-28-31(3)9-2)49(58)55-27-34(21-35(55)25-51-40)41-26-52-38-16-14-15-17-39(38)53-41/h11-12,14-17,19,22-23,26-27,31-33,35,42,44,51,56H,9,20-21,24-25,28-30H2,1-7H3,(H,54,59)/b12-11-,36-19-/t31?,32?,33?,35?,42-,44-,65?/m0/s1. The van der Waals surface area contributed by atoms with Crippen LogP contribution in [0.15, 0.2) is 83.9 Å². The van der Waals surface area contributed by atoms with Gasteiger partial charge in [-0.3, -0.25) is 19.9 Å². The van der Waals surface area contributed by atoms with Gasteiger partial charge in [0.15, 0.2) is 17.3 Å². The largest absolute Gasteiger partial charge is 0.489 e. The number of aliphatic hydroxyl groups is 1. The molecule has 3 aliphatic rings. The van der Waals surface area contributed by atoms with Gasteiger partial charge in [0.25, 0.3) is 5.91 Å². The lowest BCUT2D eigenvalue weighted by atomic mass is 9.84. The van der Waals surface area contributed by atoms with Crippen LogP contribution in [0.3, 0.4) is 0 Å². The first-order valence-corrected chi connectivity index (χ1v) is 24.5. The number of rotatable bonds is 16. The number of benzene rings is 2. The molecular formula is C50H57N5O8S2. The number of aromatic nitrogens is 2. The highest BCUT2D eigenvalue weighted by molar-refractivity contribution is 8.28. The van der Waals surface area contributed by atoms with Crippen LogP contribution >= 0.6 is 0 Å². The zero-order chi connectivity index (χ0) is 46.6. The summed E-state index contributed by atoms with van der Waals surface area (Å²) in [5.74, 6) is 12.5. The minimum absolute atomic E-state index is 0.0502. The van der Waals surface area contributed by atoms with Gasteiger partial charge >= 0.3 is 6.09 Å². The Bertz CT molecular complexity index is 2570. The van der Waals surface area contributed by atoms with E-state index in [0.29, 0.717) is 53.6 Å². The summed E-state index contributed by atoms with van der Waals surface area (Å²) >= 11 is 5.45. The third-order valence-corrected chi connectivity index (χ3v) is 12.7. The zero-order valence-electron chi connectivity index (χ0n) is 37.9. The van der Waals surface area contributed by atoms with Crippen molar-refractivity contribution in [2.45, 2.75) is 72.1 Å². The van der Waals surface area contributed by atoms with Gasteiger partial charge in [0.2, 0.25) is 0 Å². The molecule has 0 spiro atoms. The summed E-state index contributed by atoms with van der Waals surface area (Å²) in [4.78, 5) is 51.4. The Morgan fingerprint density at radius 2 is 1.78 bits per heavy atom. The van der Waals surface area contributed by atoms with Crippen molar-refractivity contribution < 1.29 is 38.4 Å². The minimum Gasteiger partial charge on any atom is -0.489 e. The fourth-order valence-electron chi connectivity index (χ4n) is 7.35. The van der Waals surface area contributed by atoms with Crippen molar-refractivity contribution in [2.75, 3.05) is 50.8 Å². The Morgan fingerprint density at radius 1 is 1.06 bits per heavy atom. The van der Waals surface area contributed by atoms with Crippen molar-refractivity contribution in [3.63, 3.8) is 0 Å². The molecule has 7 atom stereocenters. The first-order valence-electron chi connectivity index (χ1n) is 21.7. The van der Waals surface area contributed by atoms with Crippen molar-refractivity contribution in [3.05, 3.63) is 95.1 Å². The van der Waals surface area contributed by atoms with E-state index in [1.54, 1.807) is 42.3 Å². The summed E-state index contributed by atoms with van der Waals surface area (Å²) in [5.41, 5.74) is 5.07. The lowest BCUT2D eigenvalue weighted by Crippen LogP contribution is -2.39. The summed E-state index contributed by atoms with van der Waals surface area (Å²) in [7, 11) is 0.764. The Hall–Kier alpha value is -5.84. The number of methoxy groups -OCH3 is 1. The monoisotopic (exact) mass is 919 g/mol. The van der Waals surface area contributed by atoms with Gasteiger partial charge in [-0.05, 0) is 78.9 Å². The fraction of sp³-hybridized carbons (Fsp3) is 0.420. The lowest BCUT2D eigenvalue weighted by molar-refractivity contribution is -0.118. The van der Waals surface area contributed by atoms with E-state index in [-0.39, 0.29) is 60.6 Å². The Labute approximate surface area is 388 Å². The van der Waals surface area contributed by atoms with Gasteiger partial charge < -0.3 is 34.3 Å². The first kappa shape index (κ1) is 48.6. The number of para-hydroxylation sites is 2. The lowest BCUT2D eigenvalue weighted by Gasteiger charge is -2.30. The Balaban J connectivity index is 1.23. The highest BCUT2D eigenvalue weighted by Gasteiger charge is 2.37. The molecule has 0 bridgehead atoms.